The standard InChI is InChI=1S/C23H15N3O5S/c27-19-11-9-15(10-12-19)13-20-21(28)24(16-5-2-1-3-6-16)23(32)25(22(20)29)17-7-4-8-18(14-17)26(30)31/h1-14,27H/b20-13+. The molecule has 0 unspecified atom stereocenters. The second-order valence-electron chi connectivity index (χ2n) is 6.83. The summed E-state index contributed by atoms with van der Waals surface area (Å²) in [6, 6.07) is 20.0. The van der Waals surface area contributed by atoms with E-state index in [2.05, 4.69) is 0 Å². The number of hydrogen-bond acceptors (Lipinski definition) is 6. The fraction of sp³-hybridized carbons (Fsp3) is 0. The van der Waals surface area contributed by atoms with E-state index in [1.807, 2.05) is 0 Å². The van der Waals surface area contributed by atoms with Crippen LogP contribution in [0.15, 0.2) is 84.4 Å². The third-order valence-corrected chi connectivity index (χ3v) is 5.13. The Bertz CT molecular complexity index is 1270. The lowest BCUT2D eigenvalue weighted by Gasteiger charge is -2.36. The van der Waals surface area contributed by atoms with Crippen molar-refractivity contribution in [2.24, 2.45) is 0 Å². The number of anilines is 2. The first kappa shape index (κ1) is 20.9. The number of para-hydroxylation sites is 1. The minimum atomic E-state index is -0.708. The zero-order chi connectivity index (χ0) is 22.8. The highest BCUT2D eigenvalue weighted by atomic mass is 32.1. The zero-order valence-corrected chi connectivity index (χ0v) is 17.2. The molecule has 1 fully saturated rings. The van der Waals surface area contributed by atoms with Crippen molar-refractivity contribution in [3.63, 3.8) is 0 Å². The van der Waals surface area contributed by atoms with Crippen LogP contribution in [-0.4, -0.2) is 27.0 Å². The van der Waals surface area contributed by atoms with E-state index in [0.717, 1.165) is 4.90 Å². The summed E-state index contributed by atoms with van der Waals surface area (Å²) in [5.41, 5.74) is 0.727. The lowest BCUT2D eigenvalue weighted by molar-refractivity contribution is -0.384. The van der Waals surface area contributed by atoms with Crippen molar-refractivity contribution in [2.75, 3.05) is 9.80 Å². The molecule has 0 bridgehead atoms. The monoisotopic (exact) mass is 445 g/mol. The van der Waals surface area contributed by atoms with E-state index in [9.17, 15) is 24.8 Å². The first-order valence-corrected chi connectivity index (χ1v) is 9.81. The molecule has 1 N–H and O–H groups in total. The topological polar surface area (TPSA) is 104 Å². The van der Waals surface area contributed by atoms with Crippen LogP contribution < -0.4 is 9.80 Å². The van der Waals surface area contributed by atoms with Crippen LogP contribution in [0, 0.1) is 10.1 Å². The maximum atomic E-state index is 13.4. The minimum Gasteiger partial charge on any atom is -0.508 e. The molecule has 32 heavy (non-hydrogen) atoms. The maximum absolute atomic E-state index is 13.4. The van der Waals surface area contributed by atoms with Gasteiger partial charge in [-0.1, -0.05) is 36.4 Å². The number of rotatable bonds is 4. The fourth-order valence-electron chi connectivity index (χ4n) is 3.24. The molecule has 1 saturated heterocycles. The van der Waals surface area contributed by atoms with Crippen molar-refractivity contribution in [2.45, 2.75) is 0 Å². The maximum Gasteiger partial charge on any atom is 0.271 e. The highest BCUT2D eigenvalue weighted by Crippen LogP contribution is 2.31. The van der Waals surface area contributed by atoms with Gasteiger partial charge in [0.2, 0.25) is 0 Å². The molecule has 0 saturated carbocycles. The van der Waals surface area contributed by atoms with E-state index in [0.29, 0.717) is 11.3 Å². The van der Waals surface area contributed by atoms with Crippen molar-refractivity contribution < 1.29 is 19.6 Å². The van der Waals surface area contributed by atoms with Gasteiger partial charge in [0.25, 0.3) is 17.5 Å². The van der Waals surface area contributed by atoms with Crippen LogP contribution >= 0.6 is 12.2 Å². The number of nitrogens with zero attached hydrogens (tertiary/aromatic N) is 3. The smallest absolute Gasteiger partial charge is 0.271 e. The zero-order valence-electron chi connectivity index (χ0n) is 16.4. The average molecular weight is 445 g/mol. The van der Waals surface area contributed by atoms with Crippen LogP contribution in [0.3, 0.4) is 0 Å². The molecule has 3 aromatic carbocycles. The number of carbonyl (C=O) groups excluding carboxylic acids is 2. The number of nitro groups is 1. The number of non-ortho nitro benzene ring substituents is 1. The van der Waals surface area contributed by atoms with Gasteiger partial charge in [0, 0.05) is 12.1 Å². The highest BCUT2D eigenvalue weighted by molar-refractivity contribution is 7.81. The van der Waals surface area contributed by atoms with E-state index < -0.39 is 16.7 Å². The Balaban J connectivity index is 1.87. The van der Waals surface area contributed by atoms with Crippen LogP contribution in [0.4, 0.5) is 17.1 Å². The molecule has 0 aliphatic carbocycles. The van der Waals surface area contributed by atoms with Crippen LogP contribution in [0.1, 0.15) is 5.56 Å². The largest absolute Gasteiger partial charge is 0.508 e. The lowest BCUT2D eigenvalue weighted by Crippen LogP contribution is -2.56. The third-order valence-electron chi connectivity index (χ3n) is 4.77. The molecule has 158 valence electrons. The summed E-state index contributed by atoms with van der Waals surface area (Å²) in [6.07, 6.45) is 1.40. The Labute approximate surface area is 187 Å². The van der Waals surface area contributed by atoms with E-state index in [1.165, 1.54) is 47.4 Å². The van der Waals surface area contributed by atoms with Gasteiger partial charge >= 0.3 is 0 Å². The molecular formula is C23H15N3O5S. The Hall–Kier alpha value is -4.37. The number of amides is 2. The van der Waals surface area contributed by atoms with E-state index in [1.54, 1.807) is 42.5 Å². The first-order chi connectivity index (χ1) is 15.4. The Morgan fingerprint density at radius 2 is 1.44 bits per heavy atom. The van der Waals surface area contributed by atoms with Crippen molar-refractivity contribution >= 4 is 52.3 Å². The number of benzene rings is 3. The van der Waals surface area contributed by atoms with Crippen LogP contribution in [-0.2, 0) is 9.59 Å². The van der Waals surface area contributed by atoms with Crippen molar-refractivity contribution in [1.29, 1.82) is 0 Å². The summed E-state index contributed by atoms with van der Waals surface area (Å²) >= 11 is 5.49. The molecule has 1 aliphatic rings. The molecule has 2 amide bonds. The van der Waals surface area contributed by atoms with Gasteiger partial charge in [-0.3, -0.25) is 29.5 Å². The SMILES string of the molecule is O=C1/C(=C\c2ccc(O)cc2)C(=O)N(c2cccc([N+](=O)[O-])c2)C(=S)N1c1ccccc1. The predicted molar refractivity (Wildman–Crippen MR) is 123 cm³/mol. The van der Waals surface area contributed by atoms with Gasteiger partial charge < -0.3 is 5.11 Å². The normalized spacial score (nSPS) is 15.4. The number of hydrogen-bond donors (Lipinski definition) is 1. The number of phenolic OH excluding ortho intramolecular Hbond substituents is 1. The van der Waals surface area contributed by atoms with Gasteiger partial charge in [-0.15, -0.1) is 0 Å². The molecule has 0 atom stereocenters. The molecular weight excluding hydrogens is 430 g/mol. The van der Waals surface area contributed by atoms with Crippen molar-refractivity contribution in [3.8, 4) is 5.75 Å². The third kappa shape index (κ3) is 3.84. The highest BCUT2D eigenvalue weighted by Gasteiger charge is 2.41. The fourth-order valence-corrected chi connectivity index (χ4v) is 3.62. The van der Waals surface area contributed by atoms with Gasteiger partial charge in [-0.05, 0) is 54.2 Å². The number of carbonyl (C=O) groups is 2. The second kappa shape index (κ2) is 8.40. The molecule has 0 aromatic heterocycles. The Kier molecular flexibility index (Phi) is 5.48. The Morgan fingerprint density at radius 1 is 0.844 bits per heavy atom. The van der Waals surface area contributed by atoms with E-state index >= 15 is 0 Å². The number of nitro benzene ring substituents is 1. The molecule has 9 heteroatoms. The minimum absolute atomic E-state index is 0.0405. The molecule has 3 aromatic rings. The summed E-state index contributed by atoms with van der Waals surface area (Å²) in [4.78, 5) is 39.7. The second-order valence-corrected chi connectivity index (χ2v) is 7.19. The summed E-state index contributed by atoms with van der Waals surface area (Å²) in [6.45, 7) is 0. The van der Waals surface area contributed by atoms with Gasteiger partial charge in [0.1, 0.15) is 11.3 Å². The van der Waals surface area contributed by atoms with Crippen molar-refractivity contribution in [1.82, 2.24) is 0 Å². The number of thiocarbonyl (C=S) groups is 1. The predicted octanol–water partition coefficient (Wildman–Crippen LogP) is 4.05. The van der Waals surface area contributed by atoms with Crippen LogP contribution in [0.25, 0.3) is 6.08 Å². The van der Waals surface area contributed by atoms with Crippen LogP contribution in [0.2, 0.25) is 0 Å². The number of phenols is 1. The first-order valence-electron chi connectivity index (χ1n) is 9.40. The molecule has 0 spiro atoms. The van der Waals surface area contributed by atoms with Gasteiger partial charge in [-0.2, -0.15) is 0 Å². The molecule has 8 nitrogen and oxygen atoms in total. The quantitative estimate of drug-likeness (QED) is 0.214. The van der Waals surface area contributed by atoms with Gasteiger partial charge in [0.15, 0.2) is 5.11 Å². The Morgan fingerprint density at radius 3 is 2.06 bits per heavy atom. The molecule has 4 rings (SSSR count). The average Bonchev–Trinajstić information content (AvgIpc) is 2.79. The molecule has 1 heterocycles. The molecule has 0 radical (unpaired) electrons. The molecule has 1 aliphatic heterocycles. The summed E-state index contributed by atoms with van der Waals surface area (Å²) in [7, 11) is 0. The van der Waals surface area contributed by atoms with Gasteiger partial charge in [-0.25, -0.2) is 0 Å². The summed E-state index contributed by atoms with van der Waals surface area (Å²) in [5, 5.41) is 20.6. The summed E-state index contributed by atoms with van der Waals surface area (Å²) in [5.74, 6) is -1.29. The van der Waals surface area contributed by atoms with Gasteiger partial charge in [0.05, 0.1) is 16.3 Å². The van der Waals surface area contributed by atoms with E-state index in [-0.39, 0.29) is 27.8 Å². The summed E-state index contributed by atoms with van der Waals surface area (Å²) < 4.78 is 0. The van der Waals surface area contributed by atoms with Crippen molar-refractivity contribution in [3.05, 3.63) is 100 Å². The lowest BCUT2D eigenvalue weighted by atomic mass is 10.0. The van der Waals surface area contributed by atoms with Crippen LogP contribution in [0.5, 0.6) is 5.75 Å². The number of aromatic hydroxyl groups is 1. The van der Waals surface area contributed by atoms with E-state index in [4.69, 9.17) is 12.2 Å².